The Morgan fingerprint density at radius 2 is 1.97 bits per heavy atom. The van der Waals surface area contributed by atoms with Crippen LogP contribution in [0.4, 0.5) is 5.69 Å². The van der Waals surface area contributed by atoms with E-state index in [0.29, 0.717) is 33.1 Å². The molecule has 4 nitrogen and oxygen atoms in total. The molecule has 1 amide bonds. The molecule has 154 valence electrons. The van der Waals surface area contributed by atoms with Gasteiger partial charge in [-0.3, -0.25) is 4.79 Å². The van der Waals surface area contributed by atoms with Gasteiger partial charge in [0, 0.05) is 23.3 Å². The first-order chi connectivity index (χ1) is 14.5. The Morgan fingerprint density at radius 3 is 2.77 bits per heavy atom. The fraction of sp³-hybridized carbons (Fsp3) is 0.304. The van der Waals surface area contributed by atoms with Crippen molar-refractivity contribution in [1.29, 1.82) is 0 Å². The van der Waals surface area contributed by atoms with Gasteiger partial charge in [0.25, 0.3) is 5.91 Å². The van der Waals surface area contributed by atoms with Crippen LogP contribution in [-0.4, -0.2) is 17.4 Å². The molecule has 1 aliphatic carbocycles. The average Bonchev–Trinajstić information content (AvgIpc) is 3.52. The first-order valence-electron chi connectivity index (χ1n) is 10.0. The Morgan fingerprint density at radius 1 is 1.17 bits per heavy atom. The van der Waals surface area contributed by atoms with Crippen LogP contribution in [0.2, 0.25) is 10.0 Å². The number of nitrogens with zero attached hydrogens (tertiary/aromatic N) is 2. The van der Waals surface area contributed by atoms with Crippen molar-refractivity contribution in [3.63, 3.8) is 0 Å². The van der Waals surface area contributed by atoms with Gasteiger partial charge >= 0.3 is 0 Å². The highest BCUT2D eigenvalue weighted by atomic mass is 35.5. The van der Waals surface area contributed by atoms with Gasteiger partial charge in [-0.15, -0.1) is 11.3 Å². The predicted octanol–water partition coefficient (Wildman–Crippen LogP) is 7.09. The minimum Gasteiger partial charge on any atom is -0.436 e. The summed E-state index contributed by atoms with van der Waals surface area (Å²) in [5, 5.41) is 1.68. The maximum atomic E-state index is 13.6. The summed E-state index contributed by atoms with van der Waals surface area (Å²) < 4.78 is 5.95. The van der Waals surface area contributed by atoms with Crippen molar-refractivity contribution < 1.29 is 9.53 Å². The van der Waals surface area contributed by atoms with Crippen LogP contribution >= 0.6 is 34.5 Å². The lowest BCUT2D eigenvalue weighted by Crippen LogP contribution is -2.36. The predicted molar refractivity (Wildman–Crippen MR) is 122 cm³/mol. The number of anilines is 1. The van der Waals surface area contributed by atoms with Crippen molar-refractivity contribution in [3.05, 3.63) is 68.0 Å². The average molecular weight is 459 g/mol. The monoisotopic (exact) mass is 458 g/mol. The maximum Gasteiger partial charge on any atom is 0.274 e. The van der Waals surface area contributed by atoms with Crippen molar-refractivity contribution in [3.8, 4) is 11.6 Å². The number of carbonyl (C=O) groups excluding carboxylic acids is 1. The second-order valence-corrected chi connectivity index (χ2v) is 9.84. The second-order valence-electron chi connectivity index (χ2n) is 7.79. The summed E-state index contributed by atoms with van der Waals surface area (Å²) in [6.07, 6.45) is 3.57. The van der Waals surface area contributed by atoms with E-state index in [0.717, 1.165) is 23.0 Å². The number of thiazole rings is 1. The number of halogens is 2. The normalized spacial score (nSPS) is 18.2. The van der Waals surface area contributed by atoms with E-state index in [-0.39, 0.29) is 11.8 Å². The topological polar surface area (TPSA) is 42.4 Å². The zero-order valence-electron chi connectivity index (χ0n) is 16.4. The third-order valence-corrected chi connectivity index (χ3v) is 7.21. The molecule has 0 saturated heterocycles. The summed E-state index contributed by atoms with van der Waals surface area (Å²) in [5.74, 6) is 1.88. The molecule has 1 aliphatic heterocycles. The lowest BCUT2D eigenvalue weighted by atomic mass is 9.86. The van der Waals surface area contributed by atoms with Crippen LogP contribution in [0.1, 0.15) is 45.4 Å². The zero-order chi connectivity index (χ0) is 20.8. The van der Waals surface area contributed by atoms with E-state index in [1.165, 1.54) is 29.7 Å². The Balaban J connectivity index is 1.48. The molecule has 0 N–H and O–H groups in total. The first kappa shape index (κ1) is 19.9. The number of amides is 1. The third-order valence-electron chi connectivity index (χ3n) is 5.72. The number of benzene rings is 2. The number of ether oxygens (including phenoxy) is 1. The molecule has 2 aliphatic rings. The number of hydrogen-bond acceptors (Lipinski definition) is 4. The van der Waals surface area contributed by atoms with Crippen LogP contribution in [0.3, 0.4) is 0 Å². The number of rotatable bonds is 4. The van der Waals surface area contributed by atoms with E-state index in [4.69, 9.17) is 27.9 Å². The molecule has 30 heavy (non-hydrogen) atoms. The Labute approximate surface area is 189 Å². The number of hydrogen-bond donors (Lipinski definition) is 0. The molecule has 1 atom stereocenters. The van der Waals surface area contributed by atoms with Crippen molar-refractivity contribution in [1.82, 2.24) is 4.98 Å². The van der Waals surface area contributed by atoms with Gasteiger partial charge in [-0.1, -0.05) is 41.4 Å². The van der Waals surface area contributed by atoms with Gasteiger partial charge in [-0.25, -0.2) is 4.98 Å². The molecule has 1 fully saturated rings. The summed E-state index contributed by atoms with van der Waals surface area (Å²) in [6.45, 7) is 2.56. The molecular formula is C23H20Cl2N2O2S. The van der Waals surface area contributed by atoms with E-state index in [2.05, 4.69) is 17.1 Å². The fourth-order valence-corrected chi connectivity index (χ4v) is 5.30. The molecule has 0 bridgehead atoms. The molecular weight excluding hydrogens is 439 g/mol. The van der Waals surface area contributed by atoms with Crippen molar-refractivity contribution in [2.24, 2.45) is 5.92 Å². The van der Waals surface area contributed by atoms with Gasteiger partial charge in [0.2, 0.25) is 5.88 Å². The molecule has 5 rings (SSSR count). The Hall–Kier alpha value is -2.08. The van der Waals surface area contributed by atoms with Crippen molar-refractivity contribution in [2.45, 2.75) is 32.1 Å². The molecule has 2 aromatic carbocycles. The third kappa shape index (κ3) is 3.70. The number of carbonyl (C=O) groups is 1. The number of fused-ring (bicyclic) bond motifs is 1. The molecule has 3 aromatic rings. The van der Waals surface area contributed by atoms with Crippen molar-refractivity contribution >= 4 is 46.1 Å². The van der Waals surface area contributed by atoms with Crippen LogP contribution in [0.15, 0.2) is 42.5 Å². The summed E-state index contributed by atoms with van der Waals surface area (Å²) >= 11 is 13.7. The van der Waals surface area contributed by atoms with E-state index in [1.807, 2.05) is 24.0 Å². The van der Waals surface area contributed by atoms with Gasteiger partial charge < -0.3 is 9.64 Å². The number of aryl methyl sites for hydroxylation is 1. The second kappa shape index (κ2) is 7.88. The molecule has 1 unspecified atom stereocenters. The van der Waals surface area contributed by atoms with Crippen LogP contribution in [0.25, 0.3) is 0 Å². The highest BCUT2D eigenvalue weighted by Crippen LogP contribution is 2.49. The smallest absolute Gasteiger partial charge is 0.274 e. The Bertz CT molecular complexity index is 1130. The van der Waals surface area contributed by atoms with Crippen LogP contribution in [0, 0.1) is 12.8 Å². The van der Waals surface area contributed by atoms with Gasteiger partial charge in [-0.2, -0.15) is 0 Å². The molecule has 0 radical (unpaired) electrons. The molecule has 2 heterocycles. The summed E-state index contributed by atoms with van der Waals surface area (Å²) in [7, 11) is 0. The summed E-state index contributed by atoms with van der Waals surface area (Å²) in [5.41, 5.74) is 2.28. The van der Waals surface area contributed by atoms with E-state index in [1.54, 1.807) is 18.2 Å². The van der Waals surface area contributed by atoms with Gasteiger partial charge in [0.1, 0.15) is 5.75 Å². The maximum absolute atomic E-state index is 13.6. The first-order valence-corrected chi connectivity index (χ1v) is 11.6. The van der Waals surface area contributed by atoms with Gasteiger partial charge in [0.15, 0.2) is 4.88 Å². The van der Waals surface area contributed by atoms with Crippen molar-refractivity contribution in [2.75, 3.05) is 11.4 Å². The molecule has 0 spiro atoms. The van der Waals surface area contributed by atoms with E-state index in [9.17, 15) is 4.79 Å². The van der Waals surface area contributed by atoms with Crippen LogP contribution in [0.5, 0.6) is 11.6 Å². The summed E-state index contributed by atoms with van der Waals surface area (Å²) in [4.78, 5) is 20.4. The quantitative estimate of drug-likeness (QED) is 0.418. The van der Waals surface area contributed by atoms with Crippen LogP contribution in [-0.2, 0) is 0 Å². The largest absolute Gasteiger partial charge is 0.436 e. The molecule has 1 aromatic heterocycles. The van der Waals surface area contributed by atoms with Gasteiger partial charge in [0.05, 0.1) is 10.0 Å². The van der Waals surface area contributed by atoms with E-state index >= 15 is 0 Å². The molecule has 1 saturated carbocycles. The standard InChI is InChI=1S/C23H20Cl2N2O2S/c1-13-26-22(29-20-12-15(24)8-9-18(20)25)21(30-13)23(28)27-11-10-16(14-6-7-14)17-4-2-3-5-19(17)27/h2-5,8-9,12,14,16H,6-7,10-11H2,1H3. The molecule has 7 heteroatoms. The van der Waals surface area contributed by atoms with Crippen LogP contribution < -0.4 is 9.64 Å². The summed E-state index contributed by atoms with van der Waals surface area (Å²) in [6, 6.07) is 13.3. The minimum absolute atomic E-state index is 0.0875. The minimum atomic E-state index is -0.0875. The SMILES string of the molecule is Cc1nc(Oc2cc(Cl)ccc2Cl)c(C(=O)N2CCC(C3CC3)c3ccccc32)s1. The fourth-order valence-electron chi connectivity index (χ4n) is 4.18. The highest BCUT2D eigenvalue weighted by Gasteiger charge is 2.39. The Kier molecular flexibility index (Phi) is 5.21. The lowest BCUT2D eigenvalue weighted by Gasteiger charge is -2.34. The lowest BCUT2D eigenvalue weighted by molar-refractivity contribution is 0.0985. The van der Waals surface area contributed by atoms with Gasteiger partial charge in [-0.05, 0) is 61.8 Å². The van der Waals surface area contributed by atoms with E-state index < -0.39 is 0 Å². The number of para-hydroxylation sites is 1. The zero-order valence-corrected chi connectivity index (χ0v) is 18.7. The number of aromatic nitrogens is 1. The highest BCUT2D eigenvalue weighted by molar-refractivity contribution is 7.14.